The minimum absolute atomic E-state index is 0.310. The molecule has 0 spiro atoms. The molecule has 2 aromatic rings. The highest BCUT2D eigenvalue weighted by Gasteiger charge is 2.19. The zero-order chi connectivity index (χ0) is 14.5. The maximum Gasteiger partial charge on any atom is 0.227 e. The minimum Gasteiger partial charge on any atom is -0.396 e. The van der Waals surface area contributed by atoms with Crippen LogP contribution in [-0.2, 0) is 6.42 Å². The summed E-state index contributed by atoms with van der Waals surface area (Å²) in [6, 6.07) is 3.99. The van der Waals surface area contributed by atoms with E-state index in [9.17, 15) is 5.11 Å². The van der Waals surface area contributed by atoms with Gasteiger partial charge in [0.05, 0.1) is 4.88 Å². The van der Waals surface area contributed by atoms with E-state index in [1.807, 2.05) is 17.5 Å². The van der Waals surface area contributed by atoms with E-state index >= 15 is 0 Å². The molecule has 0 aliphatic carbocycles. The third kappa shape index (κ3) is 3.90. The Morgan fingerprint density at radius 3 is 3.24 bits per heavy atom. The van der Waals surface area contributed by atoms with Gasteiger partial charge in [-0.05, 0) is 49.7 Å². The molecule has 5 nitrogen and oxygen atoms in total. The smallest absolute Gasteiger partial charge is 0.227 e. The van der Waals surface area contributed by atoms with Gasteiger partial charge in [-0.1, -0.05) is 11.2 Å². The first-order valence-electron chi connectivity index (χ1n) is 7.55. The van der Waals surface area contributed by atoms with Gasteiger partial charge in [-0.3, -0.25) is 0 Å². The second-order valence-corrected chi connectivity index (χ2v) is 6.53. The molecular weight excluding hydrogens is 286 g/mol. The normalized spacial score (nSPS) is 20.0. The molecule has 114 valence electrons. The summed E-state index contributed by atoms with van der Waals surface area (Å²) in [7, 11) is 0. The Hall–Kier alpha value is -1.24. The van der Waals surface area contributed by atoms with Crippen LogP contribution >= 0.6 is 11.3 Å². The first kappa shape index (κ1) is 14.7. The molecule has 0 radical (unpaired) electrons. The number of thiophene rings is 1. The third-order valence-electron chi connectivity index (χ3n) is 3.94. The third-order valence-corrected chi connectivity index (χ3v) is 4.80. The Labute approximate surface area is 128 Å². The van der Waals surface area contributed by atoms with Crippen molar-refractivity contribution in [2.45, 2.75) is 25.7 Å². The van der Waals surface area contributed by atoms with E-state index in [-0.39, 0.29) is 0 Å². The molecule has 3 heterocycles. The van der Waals surface area contributed by atoms with Crippen LogP contribution in [0.2, 0.25) is 0 Å². The van der Waals surface area contributed by atoms with Crippen LogP contribution in [0, 0.1) is 5.92 Å². The number of likely N-dealkylation sites (tertiary alicyclic amines) is 1. The summed E-state index contributed by atoms with van der Waals surface area (Å²) in [4.78, 5) is 7.92. The van der Waals surface area contributed by atoms with E-state index in [0.29, 0.717) is 24.2 Å². The van der Waals surface area contributed by atoms with Crippen LogP contribution in [0.4, 0.5) is 0 Å². The number of hydrogen-bond donors (Lipinski definition) is 1. The molecular formula is C15H21N3O2S. The quantitative estimate of drug-likeness (QED) is 0.888. The van der Waals surface area contributed by atoms with Gasteiger partial charge >= 0.3 is 0 Å². The van der Waals surface area contributed by atoms with Crippen LogP contribution in [0.1, 0.15) is 25.2 Å². The van der Waals surface area contributed by atoms with Crippen molar-refractivity contribution in [3.63, 3.8) is 0 Å². The predicted octanol–water partition coefficient (Wildman–Crippen LogP) is 2.44. The molecule has 3 rings (SSSR count). The molecule has 21 heavy (non-hydrogen) atoms. The number of hydrogen-bond acceptors (Lipinski definition) is 6. The van der Waals surface area contributed by atoms with E-state index < -0.39 is 0 Å². The molecule has 0 amide bonds. The zero-order valence-corrected chi connectivity index (χ0v) is 12.9. The number of piperidine rings is 1. The van der Waals surface area contributed by atoms with Crippen molar-refractivity contribution in [2.75, 3.05) is 26.2 Å². The van der Waals surface area contributed by atoms with Crippen molar-refractivity contribution in [3.8, 4) is 10.7 Å². The molecule has 0 saturated carbocycles. The molecule has 0 bridgehead atoms. The summed E-state index contributed by atoms with van der Waals surface area (Å²) in [5.41, 5.74) is 0. The topological polar surface area (TPSA) is 62.4 Å². The van der Waals surface area contributed by atoms with Crippen LogP contribution in [0.3, 0.4) is 0 Å². The van der Waals surface area contributed by atoms with Crippen LogP contribution in [0.5, 0.6) is 0 Å². The summed E-state index contributed by atoms with van der Waals surface area (Å²) < 4.78 is 5.31. The summed E-state index contributed by atoms with van der Waals surface area (Å²) in [6.07, 6.45) is 4.18. The molecule has 1 atom stereocenters. The second-order valence-electron chi connectivity index (χ2n) is 5.58. The molecule has 1 fully saturated rings. The number of aryl methyl sites for hydroxylation is 1. The highest BCUT2D eigenvalue weighted by Crippen LogP contribution is 2.21. The number of aliphatic hydroxyl groups is 1. The Morgan fingerprint density at radius 2 is 2.43 bits per heavy atom. The Kier molecular flexibility index (Phi) is 5.00. The van der Waals surface area contributed by atoms with E-state index in [0.717, 1.165) is 43.8 Å². The largest absolute Gasteiger partial charge is 0.396 e. The lowest BCUT2D eigenvalue weighted by Gasteiger charge is -2.31. The number of nitrogens with zero attached hydrogens (tertiary/aromatic N) is 3. The average Bonchev–Trinajstić information content (AvgIpc) is 3.18. The number of aliphatic hydroxyl groups excluding tert-OH is 1. The van der Waals surface area contributed by atoms with Gasteiger partial charge in [0, 0.05) is 19.6 Å². The minimum atomic E-state index is 0.310. The highest BCUT2D eigenvalue weighted by molar-refractivity contribution is 7.13. The fourth-order valence-corrected chi connectivity index (χ4v) is 3.47. The molecule has 2 aromatic heterocycles. The van der Waals surface area contributed by atoms with Crippen LogP contribution in [-0.4, -0.2) is 46.4 Å². The maximum absolute atomic E-state index is 9.25. The van der Waals surface area contributed by atoms with Crippen molar-refractivity contribution in [1.29, 1.82) is 0 Å². The lowest BCUT2D eigenvalue weighted by molar-refractivity contribution is 0.119. The fraction of sp³-hybridized carbons (Fsp3) is 0.600. The van der Waals surface area contributed by atoms with Crippen molar-refractivity contribution < 1.29 is 9.63 Å². The zero-order valence-electron chi connectivity index (χ0n) is 12.1. The molecule has 1 aliphatic rings. The molecule has 1 N–H and O–H groups in total. The van der Waals surface area contributed by atoms with Crippen LogP contribution in [0.15, 0.2) is 22.0 Å². The average molecular weight is 307 g/mol. The molecule has 1 saturated heterocycles. The van der Waals surface area contributed by atoms with Gasteiger partial charge < -0.3 is 14.5 Å². The maximum atomic E-state index is 9.25. The summed E-state index contributed by atoms with van der Waals surface area (Å²) in [5, 5.41) is 15.3. The molecule has 1 aliphatic heterocycles. The van der Waals surface area contributed by atoms with Crippen LogP contribution in [0.25, 0.3) is 10.7 Å². The van der Waals surface area contributed by atoms with E-state index in [4.69, 9.17) is 4.52 Å². The molecule has 6 heteroatoms. The van der Waals surface area contributed by atoms with Crippen LogP contribution < -0.4 is 0 Å². The van der Waals surface area contributed by atoms with Gasteiger partial charge in [0.1, 0.15) is 0 Å². The Bertz CT molecular complexity index is 541. The van der Waals surface area contributed by atoms with Gasteiger partial charge in [-0.2, -0.15) is 4.98 Å². The lowest BCUT2D eigenvalue weighted by Crippen LogP contribution is -2.37. The van der Waals surface area contributed by atoms with Gasteiger partial charge in [0.2, 0.25) is 11.7 Å². The summed E-state index contributed by atoms with van der Waals surface area (Å²) >= 11 is 1.62. The summed E-state index contributed by atoms with van der Waals surface area (Å²) in [6.45, 7) is 3.50. The Balaban J connectivity index is 1.45. The monoisotopic (exact) mass is 307 g/mol. The van der Waals surface area contributed by atoms with E-state index in [1.165, 1.54) is 6.42 Å². The predicted molar refractivity (Wildman–Crippen MR) is 82.2 cm³/mol. The SMILES string of the molecule is OCC1CCCN(CCCc2nc(-c3cccs3)no2)C1. The fourth-order valence-electron chi connectivity index (χ4n) is 2.82. The highest BCUT2D eigenvalue weighted by atomic mass is 32.1. The van der Waals surface area contributed by atoms with Crippen molar-refractivity contribution in [3.05, 3.63) is 23.4 Å². The molecule has 1 unspecified atom stereocenters. The van der Waals surface area contributed by atoms with Gasteiger partial charge in [0.15, 0.2) is 0 Å². The van der Waals surface area contributed by atoms with Gasteiger partial charge in [0.25, 0.3) is 0 Å². The summed E-state index contributed by atoms with van der Waals surface area (Å²) in [5.74, 6) is 1.86. The van der Waals surface area contributed by atoms with Crippen molar-refractivity contribution in [1.82, 2.24) is 15.0 Å². The number of aromatic nitrogens is 2. The first-order valence-corrected chi connectivity index (χ1v) is 8.43. The van der Waals surface area contributed by atoms with Crippen molar-refractivity contribution >= 4 is 11.3 Å². The van der Waals surface area contributed by atoms with Gasteiger partial charge in [-0.25, -0.2) is 0 Å². The molecule has 0 aromatic carbocycles. The van der Waals surface area contributed by atoms with E-state index in [1.54, 1.807) is 11.3 Å². The Morgan fingerprint density at radius 1 is 1.48 bits per heavy atom. The van der Waals surface area contributed by atoms with E-state index in [2.05, 4.69) is 15.0 Å². The van der Waals surface area contributed by atoms with Crippen molar-refractivity contribution in [2.24, 2.45) is 5.92 Å². The second kappa shape index (κ2) is 7.15. The lowest BCUT2D eigenvalue weighted by atomic mass is 9.99. The standard InChI is InChI=1S/C15H21N3O2S/c19-11-12-4-1-7-18(10-12)8-2-6-14-16-15(17-20-14)13-5-3-9-21-13/h3,5,9,12,19H,1-2,4,6-8,10-11H2. The first-order chi connectivity index (χ1) is 10.3. The van der Waals surface area contributed by atoms with Gasteiger partial charge in [-0.15, -0.1) is 11.3 Å². The number of rotatable bonds is 6.